The van der Waals surface area contributed by atoms with Crippen LogP contribution < -0.4 is 15.4 Å². The van der Waals surface area contributed by atoms with Crippen molar-refractivity contribution in [3.05, 3.63) is 57.1 Å². The lowest BCUT2D eigenvalue weighted by molar-refractivity contribution is -0.383. The molecule has 11 heteroatoms. The molecule has 2 amide bonds. The number of carbonyl (C=O) groups excluding carboxylic acids is 1. The van der Waals surface area contributed by atoms with Crippen molar-refractivity contribution >= 4 is 29.0 Å². The number of amides is 2. The van der Waals surface area contributed by atoms with Gasteiger partial charge in [-0.3, -0.25) is 10.1 Å². The number of hydrogen-bond acceptors (Lipinski definition) is 4. The van der Waals surface area contributed by atoms with E-state index in [0.717, 1.165) is 24.3 Å². The van der Waals surface area contributed by atoms with E-state index in [4.69, 9.17) is 16.3 Å². The number of hydrogen-bond donors (Lipinski definition) is 2. The summed E-state index contributed by atoms with van der Waals surface area (Å²) >= 11 is 5.61. The van der Waals surface area contributed by atoms with Gasteiger partial charge in [0.05, 0.1) is 15.5 Å². The van der Waals surface area contributed by atoms with E-state index in [0.29, 0.717) is 0 Å². The van der Waals surface area contributed by atoms with Gasteiger partial charge < -0.3 is 15.4 Å². The fraction of sp³-hybridized carbons (Fsp3) is 0.133. The van der Waals surface area contributed by atoms with Gasteiger partial charge in [0, 0.05) is 25.2 Å². The monoisotopic (exact) mass is 389 g/mol. The average Bonchev–Trinajstić information content (AvgIpc) is 2.53. The maximum absolute atomic E-state index is 12.7. The van der Waals surface area contributed by atoms with Crippen LogP contribution in [0.25, 0.3) is 0 Å². The van der Waals surface area contributed by atoms with Gasteiger partial charge >= 0.3 is 12.2 Å². The van der Waals surface area contributed by atoms with Gasteiger partial charge in [0.1, 0.15) is 17.2 Å². The first kappa shape index (κ1) is 19.3. The van der Waals surface area contributed by atoms with Crippen molar-refractivity contribution in [1.82, 2.24) is 5.32 Å². The molecular weight excluding hydrogens is 379 g/mol. The fourth-order valence-corrected chi connectivity index (χ4v) is 2.23. The van der Waals surface area contributed by atoms with Crippen molar-refractivity contribution in [2.24, 2.45) is 0 Å². The van der Waals surface area contributed by atoms with E-state index in [9.17, 15) is 28.1 Å². The Balaban J connectivity index is 2.32. The van der Waals surface area contributed by atoms with Crippen molar-refractivity contribution in [2.75, 3.05) is 12.4 Å². The Kier molecular flexibility index (Phi) is 5.56. The van der Waals surface area contributed by atoms with Crippen molar-refractivity contribution < 1.29 is 27.6 Å². The van der Waals surface area contributed by atoms with Crippen LogP contribution in [0, 0.1) is 10.1 Å². The van der Waals surface area contributed by atoms with Crippen molar-refractivity contribution in [2.45, 2.75) is 6.18 Å². The number of carbonyl (C=O) groups is 1. The maximum Gasteiger partial charge on any atom is 0.417 e. The van der Waals surface area contributed by atoms with E-state index in [1.54, 1.807) is 0 Å². The summed E-state index contributed by atoms with van der Waals surface area (Å²) in [5.41, 5.74) is -1.55. The Morgan fingerprint density at radius 3 is 2.35 bits per heavy atom. The van der Waals surface area contributed by atoms with Crippen LogP contribution in [-0.4, -0.2) is 18.0 Å². The number of nitrogens with zero attached hydrogens (tertiary/aromatic N) is 1. The summed E-state index contributed by atoms with van der Waals surface area (Å²) < 4.78 is 43.5. The predicted octanol–water partition coefficient (Wildman–Crippen LogP) is 4.81. The molecule has 0 aliphatic carbocycles. The van der Waals surface area contributed by atoms with Crippen molar-refractivity contribution in [1.29, 1.82) is 0 Å². The highest BCUT2D eigenvalue weighted by Crippen LogP contribution is 2.38. The molecule has 2 aromatic carbocycles. The molecule has 0 atom stereocenters. The highest BCUT2D eigenvalue weighted by atomic mass is 35.5. The number of urea groups is 1. The molecule has 0 fully saturated rings. The molecule has 138 valence electrons. The van der Waals surface area contributed by atoms with Crippen LogP contribution >= 0.6 is 11.6 Å². The van der Waals surface area contributed by atoms with Crippen LogP contribution in [0.1, 0.15) is 5.56 Å². The highest BCUT2D eigenvalue weighted by Gasteiger charge is 2.33. The number of nitro groups is 1. The molecule has 0 heterocycles. The molecule has 26 heavy (non-hydrogen) atoms. The molecule has 0 aromatic heterocycles. The van der Waals surface area contributed by atoms with Crippen LogP contribution in [0.5, 0.6) is 11.5 Å². The van der Waals surface area contributed by atoms with E-state index in [2.05, 4.69) is 10.6 Å². The second kappa shape index (κ2) is 7.48. The zero-order valence-corrected chi connectivity index (χ0v) is 13.8. The summed E-state index contributed by atoms with van der Waals surface area (Å²) in [6, 6.07) is 5.58. The molecule has 2 rings (SSSR count). The number of nitrogens with one attached hydrogen (secondary N) is 2. The zero-order valence-electron chi connectivity index (χ0n) is 13.1. The lowest BCUT2D eigenvalue weighted by Crippen LogP contribution is -2.24. The molecule has 0 saturated heterocycles. The van der Waals surface area contributed by atoms with Crippen molar-refractivity contribution in [3.63, 3.8) is 0 Å². The minimum Gasteiger partial charge on any atom is -0.457 e. The predicted molar refractivity (Wildman–Crippen MR) is 87.7 cm³/mol. The molecule has 2 N–H and O–H groups in total. The van der Waals surface area contributed by atoms with Gasteiger partial charge in [-0.25, -0.2) is 4.79 Å². The third kappa shape index (κ3) is 4.54. The van der Waals surface area contributed by atoms with Gasteiger partial charge in [-0.05, 0) is 18.2 Å². The largest absolute Gasteiger partial charge is 0.457 e. The summed E-state index contributed by atoms with van der Waals surface area (Å²) in [5.74, 6) is 0.0422. The molecule has 7 nitrogen and oxygen atoms in total. The third-order valence-electron chi connectivity index (χ3n) is 3.12. The first-order chi connectivity index (χ1) is 12.1. The minimum atomic E-state index is -4.60. The van der Waals surface area contributed by atoms with Gasteiger partial charge in [-0.1, -0.05) is 11.6 Å². The number of benzene rings is 2. The van der Waals surface area contributed by atoms with Gasteiger partial charge in [-0.2, -0.15) is 13.2 Å². The van der Waals surface area contributed by atoms with Crippen LogP contribution in [0.2, 0.25) is 5.02 Å². The zero-order chi connectivity index (χ0) is 19.5. The minimum absolute atomic E-state index is 0.0113. The summed E-state index contributed by atoms with van der Waals surface area (Å²) in [4.78, 5) is 21.7. The SMILES string of the molecule is CNC(=O)Nc1cc(Oc2ccc(C(F)(F)F)c(Cl)c2)ccc1[N+](=O)[O-]. The molecule has 0 unspecified atom stereocenters. The van der Waals surface area contributed by atoms with Gasteiger partial charge in [0.25, 0.3) is 5.69 Å². The first-order valence-corrected chi connectivity index (χ1v) is 7.31. The second-order valence-corrected chi connectivity index (χ2v) is 5.29. The number of anilines is 1. The fourth-order valence-electron chi connectivity index (χ4n) is 1.95. The molecule has 0 aliphatic rings. The van der Waals surface area contributed by atoms with Gasteiger partial charge in [0.2, 0.25) is 0 Å². The van der Waals surface area contributed by atoms with E-state index < -0.39 is 27.7 Å². The van der Waals surface area contributed by atoms with E-state index in [-0.39, 0.29) is 22.9 Å². The quantitative estimate of drug-likeness (QED) is 0.579. The maximum atomic E-state index is 12.7. The van der Waals surface area contributed by atoms with Gasteiger partial charge in [-0.15, -0.1) is 0 Å². The summed E-state index contributed by atoms with van der Waals surface area (Å²) in [6.07, 6.45) is -4.60. The van der Waals surface area contributed by atoms with Crippen LogP contribution in [0.3, 0.4) is 0 Å². The molecule has 0 saturated carbocycles. The molecule has 0 aliphatic heterocycles. The molecule has 0 spiro atoms. The molecule has 2 aromatic rings. The number of ether oxygens (including phenoxy) is 1. The molecule has 0 bridgehead atoms. The molecular formula is C15H11ClF3N3O4. The van der Waals surface area contributed by atoms with Gasteiger partial charge in [0.15, 0.2) is 0 Å². The van der Waals surface area contributed by atoms with Crippen LogP contribution in [0.4, 0.5) is 29.3 Å². The van der Waals surface area contributed by atoms with Crippen LogP contribution in [-0.2, 0) is 6.18 Å². The Bertz CT molecular complexity index is 859. The van der Waals surface area contributed by atoms with Crippen molar-refractivity contribution in [3.8, 4) is 11.5 Å². The average molecular weight is 390 g/mol. The van der Waals surface area contributed by atoms with E-state index >= 15 is 0 Å². The first-order valence-electron chi connectivity index (χ1n) is 6.93. The van der Waals surface area contributed by atoms with E-state index in [1.807, 2.05) is 0 Å². The lowest BCUT2D eigenvalue weighted by atomic mass is 10.2. The topological polar surface area (TPSA) is 93.5 Å². The summed E-state index contributed by atoms with van der Waals surface area (Å²) in [6.45, 7) is 0. The Morgan fingerprint density at radius 1 is 1.19 bits per heavy atom. The smallest absolute Gasteiger partial charge is 0.417 e. The van der Waals surface area contributed by atoms with Crippen LogP contribution in [0.15, 0.2) is 36.4 Å². The normalized spacial score (nSPS) is 11.0. The standard InChI is InChI=1S/C15H11ClF3N3O4/c1-20-14(23)21-12-7-9(3-5-13(12)22(24)25)26-8-2-4-10(11(16)6-8)15(17,18)19/h2-7H,1H3,(H2,20,21,23). The number of halogens is 4. The number of rotatable bonds is 4. The lowest BCUT2D eigenvalue weighted by Gasteiger charge is -2.12. The second-order valence-electron chi connectivity index (χ2n) is 4.88. The summed E-state index contributed by atoms with van der Waals surface area (Å²) in [7, 11) is 1.33. The Morgan fingerprint density at radius 2 is 1.81 bits per heavy atom. The van der Waals surface area contributed by atoms with E-state index in [1.165, 1.54) is 19.2 Å². The summed E-state index contributed by atoms with van der Waals surface area (Å²) in [5, 5.41) is 15.0. The molecule has 0 radical (unpaired) electrons. The number of nitro benzene ring substituents is 1. The Hall–Kier alpha value is -3.01. The Labute approximate surface area is 149 Å². The third-order valence-corrected chi connectivity index (χ3v) is 3.43. The highest BCUT2D eigenvalue weighted by molar-refractivity contribution is 6.31. The number of alkyl halides is 3.